The summed E-state index contributed by atoms with van der Waals surface area (Å²) in [6.07, 6.45) is 1.54. The molecule has 1 aromatic rings. The highest BCUT2D eigenvalue weighted by Crippen LogP contribution is 2.18. The van der Waals surface area contributed by atoms with Crippen LogP contribution in [-0.2, 0) is 9.53 Å². The number of rotatable bonds is 5. The molecule has 8 heteroatoms. The van der Waals surface area contributed by atoms with E-state index in [0.717, 1.165) is 37.5 Å². The third-order valence-corrected chi connectivity index (χ3v) is 5.64. The number of piperazine rings is 1. The summed E-state index contributed by atoms with van der Waals surface area (Å²) in [4.78, 5) is 23.1. The molecule has 2 aliphatic heterocycles. The summed E-state index contributed by atoms with van der Waals surface area (Å²) < 4.78 is 18.8. The van der Waals surface area contributed by atoms with E-state index in [1.54, 1.807) is 7.05 Å². The number of aliphatic imine (C=N–C) groups is 1. The lowest BCUT2D eigenvalue weighted by molar-refractivity contribution is -0.142. The Balaban J connectivity index is 1.53. The summed E-state index contributed by atoms with van der Waals surface area (Å²) in [7, 11) is 5.79. The molecule has 7 nitrogen and oxygen atoms in total. The monoisotopic (exact) mass is 405 g/mol. The standard InChI is InChI=1S/C21H32FN5O2/c1-23-21(24-15-18(25(2)3)16-6-8-17(22)9-7-16)27-12-10-26(11-13-27)20(28)19-5-4-14-29-19/h6-9,18-19H,4-5,10-15H2,1-3H3,(H,23,24). The van der Waals surface area contributed by atoms with E-state index in [1.165, 1.54) is 12.1 Å². The van der Waals surface area contributed by atoms with Crippen LogP contribution in [0.4, 0.5) is 4.39 Å². The largest absolute Gasteiger partial charge is 0.368 e. The average Bonchev–Trinajstić information content (AvgIpc) is 3.27. The molecule has 2 fully saturated rings. The van der Waals surface area contributed by atoms with Gasteiger partial charge in [-0.1, -0.05) is 12.1 Å². The second kappa shape index (κ2) is 10.0. The molecule has 2 unspecified atom stereocenters. The molecule has 0 aliphatic carbocycles. The molecule has 0 bridgehead atoms. The maximum Gasteiger partial charge on any atom is 0.251 e. The third kappa shape index (κ3) is 5.45. The zero-order valence-corrected chi connectivity index (χ0v) is 17.6. The number of amides is 1. The molecule has 2 heterocycles. The van der Waals surface area contributed by atoms with Crippen LogP contribution in [0.25, 0.3) is 0 Å². The van der Waals surface area contributed by atoms with Gasteiger partial charge >= 0.3 is 0 Å². The number of carbonyl (C=O) groups is 1. The van der Waals surface area contributed by atoms with Crippen molar-refractivity contribution in [2.45, 2.75) is 25.0 Å². The fourth-order valence-corrected chi connectivity index (χ4v) is 3.92. The lowest BCUT2D eigenvalue weighted by Crippen LogP contribution is -2.55. The lowest BCUT2D eigenvalue weighted by atomic mass is 10.1. The Morgan fingerprint density at radius 2 is 1.90 bits per heavy atom. The van der Waals surface area contributed by atoms with Gasteiger partial charge in [0.15, 0.2) is 5.96 Å². The van der Waals surface area contributed by atoms with Crippen LogP contribution in [0, 0.1) is 5.82 Å². The number of nitrogens with one attached hydrogen (secondary N) is 1. The van der Waals surface area contributed by atoms with Gasteiger partial charge in [0.2, 0.25) is 0 Å². The highest BCUT2D eigenvalue weighted by Gasteiger charge is 2.31. The topological polar surface area (TPSA) is 60.4 Å². The number of nitrogens with zero attached hydrogens (tertiary/aromatic N) is 4. The first-order valence-electron chi connectivity index (χ1n) is 10.3. The molecule has 0 radical (unpaired) electrons. The van der Waals surface area contributed by atoms with Crippen molar-refractivity contribution in [2.75, 3.05) is 60.5 Å². The molecule has 160 valence electrons. The molecular formula is C21H32FN5O2. The molecule has 3 rings (SSSR count). The number of likely N-dealkylation sites (N-methyl/N-ethyl adjacent to an activating group) is 1. The summed E-state index contributed by atoms with van der Waals surface area (Å²) in [6, 6.07) is 6.71. The molecule has 1 aromatic carbocycles. The van der Waals surface area contributed by atoms with Crippen molar-refractivity contribution in [2.24, 2.45) is 4.99 Å². The first-order valence-corrected chi connectivity index (χ1v) is 10.3. The van der Waals surface area contributed by atoms with Gasteiger partial charge in [0.25, 0.3) is 5.91 Å². The van der Waals surface area contributed by atoms with Crippen LogP contribution < -0.4 is 5.32 Å². The summed E-state index contributed by atoms with van der Waals surface area (Å²) in [5.74, 6) is 0.711. The van der Waals surface area contributed by atoms with E-state index in [9.17, 15) is 9.18 Å². The molecular weight excluding hydrogens is 373 g/mol. The fourth-order valence-electron chi connectivity index (χ4n) is 3.92. The molecule has 1 N–H and O–H groups in total. The number of carbonyl (C=O) groups excluding carboxylic acids is 1. The Bertz CT molecular complexity index is 696. The minimum absolute atomic E-state index is 0.0923. The van der Waals surface area contributed by atoms with E-state index in [4.69, 9.17) is 4.74 Å². The molecule has 2 saturated heterocycles. The van der Waals surface area contributed by atoms with Crippen molar-refractivity contribution in [1.82, 2.24) is 20.0 Å². The zero-order chi connectivity index (χ0) is 20.8. The third-order valence-electron chi connectivity index (χ3n) is 5.64. The zero-order valence-electron chi connectivity index (χ0n) is 17.6. The Hall–Kier alpha value is -2.19. The predicted octanol–water partition coefficient (Wildman–Crippen LogP) is 1.33. The minimum atomic E-state index is -0.254. The second-order valence-electron chi connectivity index (χ2n) is 7.77. The van der Waals surface area contributed by atoms with Crippen LogP contribution in [0.2, 0.25) is 0 Å². The Morgan fingerprint density at radius 1 is 1.24 bits per heavy atom. The van der Waals surface area contributed by atoms with Crippen molar-refractivity contribution < 1.29 is 13.9 Å². The van der Waals surface area contributed by atoms with E-state index >= 15 is 0 Å². The van der Waals surface area contributed by atoms with Crippen molar-refractivity contribution >= 4 is 11.9 Å². The van der Waals surface area contributed by atoms with Gasteiger partial charge in [-0.05, 0) is 44.6 Å². The van der Waals surface area contributed by atoms with Gasteiger partial charge in [-0.3, -0.25) is 9.79 Å². The van der Waals surface area contributed by atoms with E-state index < -0.39 is 0 Å². The van der Waals surface area contributed by atoms with E-state index in [0.29, 0.717) is 26.2 Å². The van der Waals surface area contributed by atoms with Gasteiger partial charge < -0.3 is 24.8 Å². The highest BCUT2D eigenvalue weighted by molar-refractivity contribution is 5.82. The van der Waals surface area contributed by atoms with Crippen LogP contribution in [0.15, 0.2) is 29.3 Å². The maximum absolute atomic E-state index is 13.3. The summed E-state index contributed by atoms with van der Waals surface area (Å²) in [5, 5.41) is 3.45. The van der Waals surface area contributed by atoms with Crippen LogP contribution in [0.5, 0.6) is 0 Å². The van der Waals surface area contributed by atoms with Crippen molar-refractivity contribution in [3.05, 3.63) is 35.6 Å². The molecule has 29 heavy (non-hydrogen) atoms. The molecule has 0 saturated carbocycles. The first-order chi connectivity index (χ1) is 14.0. The molecule has 2 atom stereocenters. The minimum Gasteiger partial charge on any atom is -0.368 e. The van der Waals surface area contributed by atoms with E-state index in [-0.39, 0.29) is 23.9 Å². The second-order valence-corrected chi connectivity index (χ2v) is 7.77. The first kappa shape index (κ1) is 21.5. The Labute approximate surface area is 172 Å². The molecule has 0 spiro atoms. The smallest absolute Gasteiger partial charge is 0.251 e. The van der Waals surface area contributed by atoms with E-state index in [2.05, 4.69) is 20.1 Å². The van der Waals surface area contributed by atoms with E-state index in [1.807, 2.05) is 31.1 Å². The van der Waals surface area contributed by atoms with Crippen LogP contribution in [0.1, 0.15) is 24.4 Å². The van der Waals surface area contributed by atoms with Crippen molar-refractivity contribution in [3.63, 3.8) is 0 Å². The molecule has 2 aliphatic rings. The average molecular weight is 406 g/mol. The van der Waals surface area contributed by atoms with Crippen LogP contribution >= 0.6 is 0 Å². The summed E-state index contributed by atoms with van der Waals surface area (Å²) in [6.45, 7) is 4.17. The van der Waals surface area contributed by atoms with Gasteiger partial charge in [-0.2, -0.15) is 0 Å². The number of guanidine groups is 1. The van der Waals surface area contributed by atoms with Gasteiger partial charge in [0, 0.05) is 46.4 Å². The van der Waals surface area contributed by atoms with Gasteiger partial charge in [-0.15, -0.1) is 0 Å². The Kier molecular flexibility index (Phi) is 7.44. The maximum atomic E-state index is 13.3. The van der Waals surface area contributed by atoms with Crippen LogP contribution in [-0.4, -0.2) is 93.1 Å². The number of hydrogen-bond acceptors (Lipinski definition) is 4. The fraction of sp³-hybridized carbons (Fsp3) is 0.619. The van der Waals surface area contributed by atoms with Crippen molar-refractivity contribution in [1.29, 1.82) is 0 Å². The molecule has 0 aromatic heterocycles. The number of ether oxygens (including phenoxy) is 1. The number of hydrogen-bond donors (Lipinski definition) is 1. The van der Waals surface area contributed by atoms with Gasteiger partial charge in [-0.25, -0.2) is 4.39 Å². The summed E-state index contributed by atoms with van der Waals surface area (Å²) >= 11 is 0. The highest BCUT2D eigenvalue weighted by atomic mass is 19.1. The van der Waals surface area contributed by atoms with Crippen LogP contribution in [0.3, 0.4) is 0 Å². The van der Waals surface area contributed by atoms with Gasteiger partial charge in [0.05, 0.1) is 6.04 Å². The Morgan fingerprint density at radius 3 is 2.45 bits per heavy atom. The van der Waals surface area contributed by atoms with Crippen molar-refractivity contribution in [3.8, 4) is 0 Å². The predicted molar refractivity (Wildman–Crippen MR) is 111 cm³/mol. The summed E-state index contributed by atoms with van der Waals surface area (Å²) in [5.41, 5.74) is 1.05. The molecule has 1 amide bonds. The SMILES string of the molecule is CN=C(NCC(c1ccc(F)cc1)N(C)C)N1CCN(C(=O)C2CCCO2)CC1. The lowest BCUT2D eigenvalue weighted by Gasteiger charge is -2.38. The van der Waals surface area contributed by atoms with Gasteiger partial charge in [0.1, 0.15) is 11.9 Å². The number of benzene rings is 1. The number of halogens is 1. The quantitative estimate of drug-likeness (QED) is 0.592. The normalized spacial score (nSPS) is 21.6.